The molecule has 136 valence electrons. The molecule has 0 unspecified atom stereocenters. The number of sulfonamides is 1. The molecule has 26 heavy (non-hydrogen) atoms. The Labute approximate surface area is 148 Å². The quantitative estimate of drug-likeness (QED) is 0.706. The van der Waals surface area contributed by atoms with Crippen molar-refractivity contribution in [2.45, 2.75) is 4.90 Å². The Bertz CT molecular complexity index is 1120. The summed E-state index contributed by atoms with van der Waals surface area (Å²) >= 11 is 0. The zero-order valence-electron chi connectivity index (χ0n) is 13.6. The molecular weight excluding hydrogens is 361 g/mol. The number of aromatic amines is 2. The fourth-order valence-electron chi connectivity index (χ4n) is 3.07. The minimum atomic E-state index is -3.70. The van der Waals surface area contributed by atoms with Gasteiger partial charge in [0.25, 0.3) is 0 Å². The standard InChI is InChI=1S/C16H16FN5O3S/c17-12-2-1-5-18-15(12)21-6-8-22(9-7-21)26(24,25)11-3-4-13-14(10-11)20-16(23)19-13/h1-5,10H,6-9H2,(H2,19,20,23). The first kappa shape index (κ1) is 16.7. The van der Waals surface area contributed by atoms with Crippen molar-refractivity contribution in [2.24, 2.45) is 0 Å². The molecule has 0 saturated carbocycles. The van der Waals surface area contributed by atoms with Gasteiger partial charge in [-0.2, -0.15) is 4.31 Å². The molecule has 10 heteroatoms. The van der Waals surface area contributed by atoms with Crippen molar-refractivity contribution in [3.05, 3.63) is 52.8 Å². The number of nitrogens with zero attached hydrogens (tertiary/aromatic N) is 3. The number of halogens is 1. The molecule has 1 aromatic carbocycles. The minimum absolute atomic E-state index is 0.109. The summed E-state index contributed by atoms with van der Waals surface area (Å²) in [6.07, 6.45) is 1.51. The number of aromatic nitrogens is 3. The molecule has 8 nitrogen and oxygen atoms in total. The topological polar surface area (TPSA) is 102 Å². The van der Waals surface area contributed by atoms with Gasteiger partial charge in [0.2, 0.25) is 10.0 Å². The largest absolute Gasteiger partial charge is 0.352 e. The number of fused-ring (bicyclic) bond motifs is 1. The molecule has 2 aromatic heterocycles. The first-order valence-corrected chi connectivity index (χ1v) is 9.47. The van der Waals surface area contributed by atoms with Crippen molar-refractivity contribution in [2.75, 3.05) is 31.1 Å². The van der Waals surface area contributed by atoms with Crippen molar-refractivity contribution >= 4 is 26.9 Å². The normalized spacial score (nSPS) is 16.3. The van der Waals surface area contributed by atoms with E-state index in [1.165, 1.54) is 34.8 Å². The zero-order chi connectivity index (χ0) is 18.3. The van der Waals surface area contributed by atoms with E-state index in [1.54, 1.807) is 11.0 Å². The lowest BCUT2D eigenvalue weighted by molar-refractivity contribution is 0.382. The highest BCUT2D eigenvalue weighted by Gasteiger charge is 2.30. The van der Waals surface area contributed by atoms with E-state index in [0.717, 1.165) is 0 Å². The highest BCUT2D eigenvalue weighted by atomic mass is 32.2. The fraction of sp³-hybridized carbons (Fsp3) is 0.250. The van der Waals surface area contributed by atoms with E-state index in [-0.39, 0.29) is 29.5 Å². The van der Waals surface area contributed by atoms with Crippen LogP contribution in [0.3, 0.4) is 0 Å². The number of pyridine rings is 1. The van der Waals surface area contributed by atoms with Crippen molar-refractivity contribution in [1.82, 2.24) is 19.3 Å². The highest BCUT2D eigenvalue weighted by Crippen LogP contribution is 2.23. The lowest BCUT2D eigenvalue weighted by Gasteiger charge is -2.34. The van der Waals surface area contributed by atoms with Crippen LogP contribution in [0.15, 0.2) is 46.2 Å². The Morgan fingerprint density at radius 2 is 1.77 bits per heavy atom. The maximum Gasteiger partial charge on any atom is 0.323 e. The Kier molecular flexibility index (Phi) is 4.00. The number of imidazole rings is 1. The van der Waals surface area contributed by atoms with Gasteiger partial charge in [-0.25, -0.2) is 22.6 Å². The van der Waals surface area contributed by atoms with E-state index in [1.807, 2.05) is 0 Å². The Balaban J connectivity index is 1.55. The van der Waals surface area contributed by atoms with Gasteiger partial charge in [-0.15, -0.1) is 0 Å². The average Bonchev–Trinajstić information content (AvgIpc) is 3.01. The van der Waals surface area contributed by atoms with Gasteiger partial charge in [0.15, 0.2) is 11.6 Å². The number of piperazine rings is 1. The number of hydrogen-bond donors (Lipinski definition) is 2. The van der Waals surface area contributed by atoms with E-state index in [9.17, 15) is 17.6 Å². The lowest BCUT2D eigenvalue weighted by Crippen LogP contribution is -2.49. The molecule has 4 rings (SSSR count). The van der Waals surface area contributed by atoms with Gasteiger partial charge >= 0.3 is 5.69 Å². The van der Waals surface area contributed by atoms with Crippen LogP contribution in [0.4, 0.5) is 10.2 Å². The molecule has 0 atom stereocenters. The summed E-state index contributed by atoms with van der Waals surface area (Å²) in [7, 11) is -3.70. The van der Waals surface area contributed by atoms with Crippen LogP contribution in [0.1, 0.15) is 0 Å². The molecule has 0 radical (unpaired) electrons. The summed E-state index contributed by atoms with van der Waals surface area (Å²) in [5.41, 5.74) is 0.593. The van der Waals surface area contributed by atoms with E-state index in [0.29, 0.717) is 24.1 Å². The Morgan fingerprint density at radius 3 is 2.50 bits per heavy atom. The van der Waals surface area contributed by atoms with Crippen molar-refractivity contribution in [3.63, 3.8) is 0 Å². The molecule has 0 bridgehead atoms. The first-order valence-electron chi connectivity index (χ1n) is 8.03. The monoisotopic (exact) mass is 377 g/mol. The van der Waals surface area contributed by atoms with Crippen LogP contribution < -0.4 is 10.6 Å². The summed E-state index contributed by atoms with van der Waals surface area (Å²) in [6.45, 7) is 1.13. The Morgan fingerprint density at radius 1 is 1.04 bits per heavy atom. The van der Waals surface area contributed by atoms with Crippen LogP contribution in [0, 0.1) is 5.82 Å². The van der Waals surface area contributed by atoms with Crippen LogP contribution in [0.5, 0.6) is 0 Å². The predicted octanol–water partition coefficient (Wildman–Crippen LogP) is 0.901. The molecule has 1 aliphatic rings. The number of rotatable bonds is 3. The van der Waals surface area contributed by atoms with Crippen LogP contribution in [0.25, 0.3) is 11.0 Å². The molecule has 1 fully saturated rings. The number of H-pyrrole nitrogens is 2. The van der Waals surface area contributed by atoms with E-state index in [2.05, 4.69) is 15.0 Å². The maximum atomic E-state index is 13.9. The second-order valence-electron chi connectivity index (χ2n) is 5.99. The molecule has 3 aromatic rings. The molecule has 2 N–H and O–H groups in total. The third-order valence-electron chi connectivity index (χ3n) is 4.40. The minimum Gasteiger partial charge on any atom is -0.352 e. The molecule has 0 spiro atoms. The van der Waals surface area contributed by atoms with E-state index in [4.69, 9.17) is 0 Å². The van der Waals surface area contributed by atoms with Crippen LogP contribution in [-0.4, -0.2) is 53.9 Å². The second kappa shape index (κ2) is 6.22. The van der Waals surface area contributed by atoms with Gasteiger partial charge in [0.1, 0.15) is 0 Å². The van der Waals surface area contributed by atoms with Crippen molar-refractivity contribution < 1.29 is 12.8 Å². The second-order valence-corrected chi connectivity index (χ2v) is 7.92. The van der Waals surface area contributed by atoms with Gasteiger partial charge in [-0.3, -0.25) is 0 Å². The summed E-state index contributed by atoms with van der Waals surface area (Å²) in [5, 5.41) is 0. The number of anilines is 1. The molecule has 1 saturated heterocycles. The average molecular weight is 377 g/mol. The molecule has 0 amide bonds. The smallest absolute Gasteiger partial charge is 0.323 e. The fourth-order valence-corrected chi connectivity index (χ4v) is 4.52. The zero-order valence-corrected chi connectivity index (χ0v) is 14.5. The summed E-state index contributed by atoms with van der Waals surface area (Å²) in [6, 6.07) is 7.30. The molecule has 1 aliphatic heterocycles. The SMILES string of the molecule is O=c1[nH]c2ccc(S(=O)(=O)N3CCN(c4ncccc4F)CC3)cc2[nH]1. The number of hydrogen-bond acceptors (Lipinski definition) is 5. The van der Waals surface area contributed by atoms with E-state index < -0.39 is 15.8 Å². The lowest BCUT2D eigenvalue weighted by atomic mass is 10.3. The predicted molar refractivity (Wildman–Crippen MR) is 94.1 cm³/mol. The first-order chi connectivity index (χ1) is 12.4. The molecule has 0 aliphatic carbocycles. The van der Waals surface area contributed by atoms with Gasteiger partial charge in [0.05, 0.1) is 15.9 Å². The van der Waals surface area contributed by atoms with Crippen LogP contribution >= 0.6 is 0 Å². The van der Waals surface area contributed by atoms with Crippen LogP contribution in [0.2, 0.25) is 0 Å². The van der Waals surface area contributed by atoms with Gasteiger partial charge in [-0.1, -0.05) is 0 Å². The summed E-state index contributed by atoms with van der Waals surface area (Å²) < 4.78 is 40.9. The van der Waals surface area contributed by atoms with Gasteiger partial charge < -0.3 is 14.9 Å². The van der Waals surface area contributed by atoms with Crippen molar-refractivity contribution in [3.8, 4) is 0 Å². The van der Waals surface area contributed by atoms with Crippen molar-refractivity contribution in [1.29, 1.82) is 0 Å². The third-order valence-corrected chi connectivity index (χ3v) is 6.30. The molecule has 3 heterocycles. The third kappa shape index (κ3) is 2.86. The summed E-state index contributed by atoms with van der Waals surface area (Å²) in [5.74, 6) is -0.193. The van der Waals surface area contributed by atoms with Gasteiger partial charge in [-0.05, 0) is 30.3 Å². The molecular formula is C16H16FN5O3S. The Hall–Kier alpha value is -2.72. The maximum absolute atomic E-state index is 13.9. The number of benzene rings is 1. The number of nitrogens with one attached hydrogen (secondary N) is 2. The summed E-state index contributed by atoms with van der Waals surface area (Å²) in [4.78, 5) is 22.3. The highest BCUT2D eigenvalue weighted by molar-refractivity contribution is 7.89. The van der Waals surface area contributed by atoms with Crippen LogP contribution in [-0.2, 0) is 10.0 Å². The van der Waals surface area contributed by atoms with Gasteiger partial charge in [0, 0.05) is 32.4 Å². The van der Waals surface area contributed by atoms with E-state index >= 15 is 0 Å².